The van der Waals surface area contributed by atoms with Gasteiger partial charge >= 0.3 is 5.97 Å². The van der Waals surface area contributed by atoms with Crippen LogP contribution in [0.15, 0.2) is 47.4 Å². The second-order valence-corrected chi connectivity index (χ2v) is 11.9. The number of anilines is 1. The Hall–Kier alpha value is -2.62. The third-order valence-electron chi connectivity index (χ3n) is 7.31. The Bertz CT molecular complexity index is 1250. The summed E-state index contributed by atoms with van der Waals surface area (Å²) in [5.41, 5.74) is 1.28. The third-order valence-corrected chi connectivity index (χ3v) is 10.0. The van der Waals surface area contributed by atoms with E-state index in [4.69, 9.17) is 16.3 Å². The third kappa shape index (κ3) is 3.66. The quantitative estimate of drug-likeness (QED) is 0.595. The fourth-order valence-corrected chi connectivity index (χ4v) is 6.97. The first-order valence-electron chi connectivity index (χ1n) is 11.2. The van der Waals surface area contributed by atoms with Crippen molar-refractivity contribution in [3.05, 3.63) is 53.1 Å². The van der Waals surface area contributed by atoms with Gasteiger partial charge in [0.05, 0.1) is 10.3 Å². The van der Waals surface area contributed by atoms with Crippen LogP contribution in [-0.2, 0) is 24.8 Å². The number of halogens is 1. The molecule has 5 rings (SSSR count). The summed E-state index contributed by atoms with van der Waals surface area (Å²) >= 11 is 6.18. The molecule has 34 heavy (non-hydrogen) atoms. The zero-order valence-electron chi connectivity index (χ0n) is 18.4. The molecule has 1 amide bonds. The van der Waals surface area contributed by atoms with Gasteiger partial charge in [-0.05, 0) is 86.8 Å². The second kappa shape index (κ2) is 8.25. The van der Waals surface area contributed by atoms with Crippen LogP contribution in [0.3, 0.4) is 0 Å². The van der Waals surface area contributed by atoms with E-state index in [0.29, 0.717) is 36.8 Å². The Morgan fingerprint density at radius 3 is 2.38 bits per heavy atom. The highest BCUT2D eigenvalue weighted by atomic mass is 35.5. The van der Waals surface area contributed by atoms with Gasteiger partial charge in [-0.15, -0.1) is 0 Å². The van der Waals surface area contributed by atoms with E-state index in [9.17, 15) is 23.1 Å². The van der Waals surface area contributed by atoms with E-state index in [1.807, 2.05) is 12.1 Å². The number of carboxylic acids is 1. The first-order valence-corrected chi connectivity index (χ1v) is 13.1. The molecule has 0 unspecified atom stereocenters. The SMILES string of the molecule is O=C1Nc2ccc(Cl)cc2C12CCN(CCOc1ccc(S(=O)(=O)C3(C(=O)O)CC3)cc1)CC2. The van der Waals surface area contributed by atoms with E-state index in [1.54, 1.807) is 18.2 Å². The molecule has 8 nitrogen and oxygen atoms in total. The number of fused-ring (bicyclic) bond motifs is 2. The predicted molar refractivity (Wildman–Crippen MR) is 126 cm³/mol. The van der Waals surface area contributed by atoms with Gasteiger partial charge in [0.1, 0.15) is 12.4 Å². The average Bonchev–Trinajstić information content (AvgIpc) is 3.60. The summed E-state index contributed by atoms with van der Waals surface area (Å²) < 4.78 is 29.4. The Labute approximate surface area is 202 Å². The van der Waals surface area contributed by atoms with Crippen molar-refractivity contribution in [1.29, 1.82) is 0 Å². The molecule has 1 aliphatic carbocycles. The van der Waals surface area contributed by atoms with Gasteiger partial charge in [0.15, 0.2) is 14.6 Å². The lowest BCUT2D eigenvalue weighted by atomic mass is 9.73. The Balaban J connectivity index is 1.15. The Morgan fingerprint density at radius 1 is 1.09 bits per heavy atom. The minimum absolute atomic E-state index is 0.00342. The maximum absolute atomic E-state index is 12.8. The lowest BCUT2D eigenvalue weighted by molar-refractivity contribution is -0.137. The number of nitrogens with one attached hydrogen (secondary N) is 1. The van der Waals surface area contributed by atoms with Crippen LogP contribution in [-0.4, -0.2) is 61.3 Å². The lowest BCUT2D eigenvalue weighted by Crippen LogP contribution is -2.47. The monoisotopic (exact) mass is 504 g/mol. The molecule has 1 saturated heterocycles. The minimum Gasteiger partial charge on any atom is -0.492 e. The van der Waals surface area contributed by atoms with Crippen LogP contribution in [0.5, 0.6) is 5.75 Å². The zero-order chi connectivity index (χ0) is 24.1. The fourth-order valence-electron chi connectivity index (χ4n) is 4.98. The molecule has 0 radical (unpaired) electrons. The first kappa shape index (κ1) is 23.1. The summed E-state index contributed by atoms with van der Waals surface area (Å²) in [6, 6.07) is 11.4. The van der Waals surface area contributed by atoms with Gasteiger partial charge < -0.3 is 15.2 Å². The molecule has 2 heterocycles. The predicted octanol–water partition coefficient (Wildman–Crippen LogP) is 3.10. The van der Waals surface area contributed by atoms with Crippen LogP contribution in [0.4, 0.5) is 5.69 Å². The summed E-state index contributed by atoms with van der Waals surface area (Å²) in [7, 11) is -3.92. The van der Waals surface area contributed by atoms with Gasteiger partial charge in [0.25, 0.3) is 0 Å². The molecule has 10 heteroatoms. The maximum Gasteiger partial charge on any atom is 0.325 e. The van der Waals surface area contributed by atoms with Crippen LogP contribution in [0.1, 0.15) is 31.2 Å². The number of carbonyl (C=O) groups is 2. The van der Waals surface area contributed by atoms with Crippen molar-refractivity contribution in [3.63, 3.8) is 0 Å². The molecule has 0 atom stereocenters. The number of carbonyl (C=O) groups excluding carboxylic acids is 1. The van der Waals surface area contributed by atoms with E-state index in [1.165, 1.54) is 12.1 Å². The zero-order valence-corrected chi connectivity index (χ0v) is 20.0. The summed E-state index contributed by atoms with van der Waals surface area (Å²) in [4.78, 5) is 26.4. The van der Waals surface area contributed by atoms with E-state index >= 15 is 0 Å². The van der Waals surface area contributed by atoms with Crippen LogP contribution in [0.2, 0.25) is 5.02 Å². The largest absolute Gasteiger partial charge is 0.492 e. The molecule has 3 aliphatic rings. The standard InChI is InChI=1S/C24H25ClN2O6S/c25-16-1-6-20-19(15-16)23(21(28)26-20)9-11-27(12-10-23)13-14-33-17-2-4-18(5-3-17)34(31,32)24(7-8-24)22(29)30/h1-6,15H,7-14H2,(H,26,28)(H,29,30). The number of piperidine rings is 1. The summed E-state index contributed by atoms with van der Waals surface area (Å²) in [5, 5.41) is 12.9. The number of nitrogens with zero attached hydrogens (tertiary/aromatic N) is 1. The number of aliphatic carboxylic acids is 1. The van der Waals surface area contributed by atoms with Crippen molar-refractivity contribution in [2.75, 3.05) is 31.6 Å². The second-order valence-electron chi connectivity index (χ2n) is 9.19. The number of rotatable bonds is 7. The number of ether oxygens (including phenoxy) is 1. The highest BCUT2D eigenvalue weighted by Crippen LogP contribution is 2.47. The molecule has 180 valence electrons. The summed E-state index contributed by atoms with van der Waals surface area (Å²) in [6.45, 7) is 2.57. The molecular formula is C24H25ClN2O6S. The van der Waals surface area contributed by atoms with Crippen molar-refractivity contribution < 1.29 is 27.9 Å². The summed E-state index contributed by atoms with van der Waals surface area (Å²) in [6.07, 6.45) is 1.68. The van der Waals surface area contributed by atoms with Crippen molar-refractivity contribution in [3.8, 4) is 5.75 Å². The fraction of sp³-hybridized carbons (Fsp3) is 0.417. The number of benzene rings is 2. The van der Waals surface area contributed by atoms with Gasteiger partial charge in [-0.1, -0.05) is 11.6 Å². The van der Waals surface area contributed by atoms with Gasteiger partial charge in [0.2, 0.25) is 5.91 Å². The van der Waals surface area contributed by atoms with E-state index in [2.05, 4.69) is 10.2 Å². The smallest absolute Gasteiger partial charge is 0.325 e. The molecule has 2 fully saturated rings. The molecule has 2 aliphatic heterocycles. The molecule has 1 saturated carbocycles. The number of sulfone groups is 1. The molecule has 0 bridgehead atoms. The molecular weight excluding hydrogens is 480 g/mol. The Kier molecular flexibility index (Phi) is 5.61. The normalized spacial score (nSPS) is 20.6. The van der Waals surface area contributed by atoms with E-state index in [-0.39, 0.29) is 23.6 Å². The van der Waals surface area contributed by atoms with Crippen LogP contribution < -0.4 is 10.1 Å². The van der Waals surface area contributed by atoms with Crippen molar-refractivity contribution in [2.24, 2.45) is 0 Å². The topological polar surface area (TPSA) is 113 Å². The number of likely N-dealkylation sites (tertiary alicyclic amines) is 1. The van der Waals surface area contributed by atoms with Gasteiger partial charge in [-0.2, -0.15) is 0 Å². The van der Waals surface area contributed by atoms with Crippen molar-refractivity contribution in [1.82, 2.24) is 4.90 Å². The van der Waals surface area contributed by atoms with Crippen LogP contribution in [0, 0.1) is 0 Å². The van der Waals surface area contributed by atoms with Crippen LogP contribution in [0.25, 0.3) is 0 Å². The minimum atomic E-state index is -3.92. The summed E-state index contributed by atoms with van der Waals surface area (Å²) in [5.74, 6) is -0.740. The first-order chi connectivity index (χ1) is 16.2. The van der Waals surface area contributed by atoms with E-state index < -0.39 is 26.0 Å². The molecule has 1 spiro atoms. The van der Waals surface area contributed by atoms with Crippen molar-refractivity contribution >= 4 is 39.0 Å². The Morgan fingerprint density at radius 2 is 1.76 bits per heavy atom. The van der Waals surface area contributed by atoms with Gasteiger partial charge in [-0.3, -0.25) is 14.5 Å². The number of hydrogen-bond acceptors (Lipinski definition) is 6. The molecule has 2 N–H and O–H groups in total. The van der Waals surface area contributed by atoms with Crippen LogP contribution >= 0.6 is 11.6 Å². The van der Waals surface area contributed by atoms with Crippen molar-refractivity contribution in [2.45, 2.75) is 40.7 Å². The molecule has 2 aromatic carbocycles. The average molecular weight is 505 g/mol. The number of amides is 1. The van der Waals surface area contributed by atoms with Gasteiger partial charge in [0, 0.05) is 17.3 Å². The number of hydrogen-bond donors (Lipinski definition) is 2. The molecule has 0 aromatic heterocycles. The molecule has 2 aromatic rings. The van der Waals surface area contributed by atoms with Gasteiger partial charge in [-0.25, -0.2) is 8.42 Å². The van der Waals surface area contributed by atoms with E-state index in [0.717, 1.165) is 24.3 Å². The maximum atomic E-state index is 12.8. The highest BCUT2D eigenvalue weighted by Gasteiger charge is 2.61. The number of carboxylic acid groups (broad SMARTS) is 1. The lowest BCUT2D eigenvalue weighted by Gasteiger charge is -2.37. The highest BCUT2D eigenvalue weighted by molar-refractivity contribution is 7.94.